The first-order valence-corrected chi connectivity index (χ1v) is 9.26. The molecular weight excluding hydrogens is 370 g/mol. The lowest BCUT2D eigenvalue weighted by Crippen LogP contribution is -2.49. The standard InChI is InChI=1S/C19H20F2N4O3/c1-11(18(27)25-8-6-19(4-5-19)7-9-25)22-16(26)15-23-17(28-24-15)13-10-12(20)2-3-14(13)21/h2-3,10-11H,4-9H2,1H3,(H,22,26)/t11-/m0/s1. The largest absolute Gasteiger partial charge is 0.341 e. The predicted octanol–water partition coefficient (Wildman–Crippen LogP) is 2.54. The van der Waals surface area contributed by atoms with Crippen molar-refractivity contribution in [3.05, 3.63) is 35.7 Å². The maximum Gasteiger partial charge on any atom is 0.293 e. The van der Waals surface area contributed by atoms with Gasteiger partial charge in [0.2, 0.25) is 5.91 Å². The van der Waals surface area contributed by atoms with Crippen LogP contribution < -0.4 is 5.32 Å². The molecule has 0 radical (unpaired) electrons. The number of likely N-dealkylation sites (tertiary alicyclic amines) is 1. The van der Waals surface area contributed by atoms with Crippen molar-refractivity contribution >= 4 is 11.8 Å². The number of rotatable bonds is 4. The fourth-order valence-electron chi connectivity index (χ4n) is 3.56. The third kappa shape index (κ3) is 3.61. The minimum atomic E-state index is -0.756. The summed E-state index contributed by atoms with van der Waals surface area (Å²) in [5, 5.41) is 6.04. The second kappa shape index (κ2) is 6.96. The number of hydrogen-bond acceptors (Lipinski definition) is 5. The number of amides is 2. The van der Waals surface area contributed by atoms with Crippen LogP contribution in [0.5, 0.6) is 0 Å². The van der Waals surface area contributed by atoms with E-state index in [1.54, 1.807) is 11.8 Å². The Bertz CT molecular complexity index is 916. The number of aromatic nitrogens is 2. The van der Waals surface area contributed by atoms with Gasteiger partial charge in [0.1, 0.15) is 17.7 Å². The molecule has 1 N–H and O–H groups in total. The summed E-state index contributed by atoms with van der Waals surface area (Å²) in [6.45, 7) is 2.99. The summed E-state index contributed by atoms with van der Waals surface area (Å²) in [5.41, 5.74) is 0.217. The van der Waals surface area contributed by atoms with Crippen molar-refractivity contribution in [2.45, 2.75) is 38.6 Å². The van der Waals surface area contributed by atoms with Gasteiger partial charge in [-0.1, -0.05) is 5.16 Å². The van der Waals surface area contributed by atoms with Gasteiger partial charge in [-0.05, 0) is 56.2 Å². The zero-order valence-electron chi connectivity index (χ0n) is 15.4. The van der Waals surface area contributed by atoms with Gasteiger partial charge in [0.05, 0.1) is 5.56 Å². The summed E-state index contributed by atoms with van der Waals surface area (Å²) >= 11 is 0. The first-order chi connectivity index (χ1) is 13.4. The number of carbonyl (C=O) groups excluding carboxylic acids is 2. The predicted molar refractivity (Wildman–Crippen MR) is 94.1 cm³/mol. The Kier molecular flexibility index (Phi) is 4.60. The maximum atomic E-state index is 13.8. The summed E-state index contributed by atoms with van der Waals surface area (Å²) in [4.78, 5) is 30.5. The highest BCUT2D eigenvalue weighted by Gasteiger charge is 2.45. The van der Waals surface area contributed by atoms with Crippen LogP contribution in [0.1, 0.15) is 43.2 Å². The quantitative estimate of drug-likeness (QED) is 0.867. The fourth-order valence-corrected chi connectivity index (χ4v) is 3.56. The van der Waals surface area contributed by atoms with Crippen LogP contribution in [0, 0.1) is 17.0 Å². The van der Waals surface area contributed by atoms with Crippen molar-refractivity contribution < 1.29 is 22.9 Å². The van der Waals surface area contributed by atoms with Gasteiger partial charge in [-0.15, -0.1) is 0 Å². The molecule has 2 heterocycles. The number of benzene rings is 1. The molecule has 28 heavy (non-hydrogen) atoms. The van der Waals surface area contributed by atoms with Crippen LogP contribution in [0.2, 0.25) is 0 Å². The molecule has 2 aromatic rings. The summed E-state index contributed by atoms with van der Waals surface area (Å²) in [7, 11) is 0. The van der Waals surface area contributed by atoms with Crippen LogP contribution >= 0.6 is 0 Å². The zero-order valence-corrected chi connectivity index (χ0v) is 15.4. The molecule has 2 aliphatic rings. The summed E-state index contributed by atoms with van der Waals surface area (Å²) in [6, 6.07) is 2.04. The second-order valence-electron chi connectivity index (χ2n) is 7.57. The Morgan fingerprint density at radius 2 is 1.93 bits per heavy atom. The lowest BCUT2D eigenvalue weighted by molar-refractivity contribution is -0.134. The van der Waals surface area contributed by atoms with Crippen LogP contribution in [0.25, 0.3) is 11.5 Å². The molecule has 0 bridgehead atoms. The first-order valence-electron chi connectivity index (χ1n) is 9.26. The monoisotopic (exact) mass is 390 g/mol. The van der Waals surface area contributed by atoms with Crippen molar-refractivity contribution in [1.82, 2.24) is 20.4 Å². The molecule has 1 spiro atoms. The Morgan fingerprint density at radius 3 is 2.61 bits per heavy atom. The molecule has 0 unspecified atom stereocenters. The summed E-state index contributed by atoms with van der Waals surface area (Å²) in [5.74, 6) is -2.97. The summed E-state index contributed by atoms with van der Waals surface area (Å²) in [6.07, 6.45) is 4.50. The van der Waals surface area contributed by atoms with Crippen molar-refractivity contribution in [3.63, 3.8) is 0 Å². The van der Waals surface area contributed by atoms with Gasteiger partial charge in [0.25, 0.3) is 17.6 Å². The highest BCUT2D eigenvalue weighted by Crippen LogP contribution is 2.53. The molecule has 1 aliphatic carbocycles. The van der Waals surface area contributed by atoms with Crippen molar-refractivity contribution in [3.8, 4) is 11.5 Å². The minimum Gasteiger partial charge on any atom is -0.341 e. The number of halogens is 2. The minimum absolute atomic E-state index is 0.163. The molecule has 1 aliphatic heterocycles. The molecule has 1 aromatic heterocycles. The lowest BCUT2D eigenvalue weighted by Gasteiger charge is -2.33. The van der Waals surface area contributed by atoms with Gasteiger partial charge in [-0.25, -0.2) is 8.78 Å². The third-order valence-corrected chi connectivity index (χ3v) is 5.60. The molecule has 9 heteroatoms. The smallest absolute Gasteiger partial charge is 0.293 e. The Morgan fingerprint density at radius 1 is 1.21 bits per heavy atom. The fraction of sp³-hybridized carbons (Fsp3) is 0.474. The summed E-state index contributed by atoms with van der Waals surface area (Å²) < 4.78 is 32.0. The number of carbonyl (C=O) groups is 2. The van der Waals surface area contributed by atoms with E-state index in [4.69, 9.17) is 4.52 Å². The van der Waals surface area contributed by atoms with E-state index < -0.39 is 23.6 Å². The second-order valence-corrected chi connectivity index (χ2v) is 7.57. The normalized spacial score (nSPS) is 18.8. The Balaban J connectivity index is 1.39. The SMILES string of the molecule is C[C@H](NC(=O)c1noc(-c2cc(F)ccc2F)n1)C(=O)N1CCC2(CC1)CC2. The van der Waals surface area contributed by atoms with E-state index in [2.05, 4.69) is 15.5 Å². The molecule has 7 nitrogen and oxygen atoms in total. The molecule has 1 saturated carbocycles. The molecule has 2 amide bonds. The van der Waals surface area contributed by atoms with E-state index in [9.17, 15) is 18.4 Å². The topological polar surface area (TPSA) is 88.3 Å². The van der Waals surface area contributed by atoms with E-state index in [1.807, 2.05) is 0 Å². The Hall–Kier alpha value is -2.84. The molecule has 1 atom stereocenters. The van der Waals surface area contributed by atoms with Crippen molar-refractivity contribution in [2.75, 3.05) is 13.1 Å². The maximum absolute atomic E-state index is 13.8. The average Bonchev–Trinajstić information content (AvgIpc) is 3.25. The van der Waals surface area contributed by atoms with E-state index >= 15 is 0 Å². The zero-order chi connectivity index (χ0) is 19.9. The van der Waals surface area contributed by atoms with E-state index in [-0.39, 0.29) is 23.2 Å². The highest BCUT2D eigenvalue weighted by atomic mass is 19.1. The van der Waals surface area contributed by atoms with E-state index in [0.29, 0.717) is 18.5 Å². The molecular formula is C19H20F2N4O3. The lowest BCUT2D eigenvalue weighted by atomic mass is 9.93. The highest BCUT2D eigenvalue weighted by molar-refractivity contribution is 5.94. The third-order valence-electron chi connectivity index (χ3n) is 5.60. The van der Waals surface area contributed by atoms with E-state index in [1.165, 1.54) is 12.8 Å². The van der Waals surface area contributed by atoms with E-state index in [0.717, 1.165) is 31.0 Å². The first kappa shape index (κ1) is 18.5. The van der Waals surface area contributed by atoms with Crippen LogP contribution in [0.3, 0.4) is 0 Å². The molecule has 1 aromatic carbocycles. The van der Waals surface area contributed by atoms with Gasteiger partial charge in [-0.3, -0.25) is 9.59 Å². The number of hydrogen-bond donors (Lipinski definition) is 1. The van der Waals surface area contributed by atoms with Crippen molar-refractivity contribution in [2.24, 2.45) is 5.41 Å². The van der Waals surface area contributed by atoms with Crippen LogP contribution in [0.15, 0.2) is 22.7 Å². The number of nitrogens with zero attached hydrogens (tertiary/aromatic N) is 3. The van der Waals surface area contributed by atoms with Gasteiger partial charge in [0, 0.05) is 13.1 Å². The van der Waals surface area contributed by atoms with Crippen LogP contribution in [0.4, 0.5) is 8.78 Å². The molecule has 148 valence electrons. The molecule has 1 saturated heterocycles. The van der Waals surface area contributed by atoms with Gasteiger partial charge >= 0.3 is 0 Å². The van der Waals surface area contributed by atoms with Gasteiger partial charge in [0.15, 0.2) is 0 Å². The number of piperidine rings is 1. The molecule has 2 fully saturated rings. The van der Waals surface area contributed by atoms with Gasteiger partial charge in [-0.2, -0.15) is 4.98 Å². The van der Waals surface area contributed by atoms with Crippen LogP contribution in [-0.2, 0) is 4.79 Å². The average molecular weight is 390 g/mol. The number of nitrogens with one attached hydrogen (secondary N) is 1. The van der Waals surface area contributed by atoms with Crippen LogP contribution in [-0.4, -0.2) is 46.0 Å². The Labute approximate surface area is 160 Å². The van der Waals surface area contributed by atoms with Gasteiger partial charge < -0.3 is 14.7 Å². The molecule has 4 rings (SSSR count). The van der Waals surface area contributed by atoms with Crippen molar-refractivity contribution in [1.29, 1.82) is 0 Å².